The predicted octanol–water partition coefficient (Wildman–Crippen LogP) is 1.16. The average Bonchev–Trinajstić information content (AvgIpc) is 2.53. The zero-order chi connectivity index (χ0) is 8.39. The highest BCUT2D eigenvalue weighted by Crippen LogP contribution is 2.26. The molecule has 0 unspecified atom stereocenters. The standard InChI is InChI=1S/C10H14N2/c11-6-4-8-2-1-3-9-5-7-12-10(8)9/h1-3,12H,4-7,11H2. The van der Waals surface area contributed by atoms with E-state index in [1.54, 1.807) is 0 Å². The molecule has 0 saturated heterocycles. The molecule has 0 fully saturated rings. The first-order valence-electron chi connectivity index (χ1n) is 4.46. The fraction of sp³-hybridized carbons (Fsp3) is 0.400. The summed E-state index contributed by atoms with van der Waals surface area (Å²) in [5.74, 6) is 0. The van der Waals surface area contributed by atoms with Gasteiger partial charge in [-0.25, -0.2) is 0 Å². The van der Waals surface area contributed by atoms with E-state index in [0.717, 1.165) is 25.9 Å². The molecule has 1 heterocycles. The maximum atomic E-state index is 5.53. The van der Waals surface area contributed by atoms with Gasteiger partial charge in [0.05, 0.1) is 0 Å². The van der Waals surface area contributed by atoms with Gasteiger partial charge >= 0.3 is 0 Å². The van der Waals surface area contributed by atoms with Gasteiger partial charge in [-0.3, -0.25) is 0 Å². The molecular weight excluding hydrogens is 148 g/mol. The van der Waals surface area contributed by atoms with E-state index >= 15 is 0 Å². The maximum absolute atomic E-state index is 5.53. The largest absolute Gasteiger partial charge is 0.384 e. The molecule has 0 bridgehead atoms. The monoisotopic (exact) mass is 162 g/mol. The van der Waals surface area contributed by atoms with Crippen molar-refractivity contribution in [2.75, 3.05) is 18.4 Å². The lowest BCUT2D eigenvalue weighted by Gasteiger charge is -2.06. The molecule has 2 heteroatoms. The van der Waals surface area contributed by atoms with Gasteiger partial charge in [0, 0.05) is 12.2 Å². The molecule has 1 aromatic rings. The van der Waals surface area contributed by atoms with Crippen LogP contribution in [0.2, 0.25) is 0 Å². The topological polar surface area (TPSA) is 38.0 Å². The Hall–Kier alpha value is -1.02. The molecule has 1 aliphatic rings. The van der Waals surface area contributed by atoms with Crippen LogP contribution in [-0.2, 0) is 12.8 Å². The average molecular weight is 162 g/mol. The number of benzene rings is 1. The Labute approximate surface area is 72.8 Å². The number of nitrogens with one attached hydrogen (secondary N) is 1. The summed E-state index contributed by atoms with van der Waals surface area (Å²) in [7, 11) is 0. The van der Waals surface area contributed by atoms with Crippen LogP contribution in [0.25, 0.3) is 0 Å². The molecule has 0 radical (unpaired) electrons. The minimum Gasteiger partial charge on any atom is -0.384 e. The van der Waals surface area contributed by atoms with Gasteiger partial charge in [-0.15, -0.1) is 0 Å². The zero-order valence-electron chi connectivity index (χ0n) is 7.14. The molecule has 0 spiro atoms. The van der Waals surface area contributed by atoms with Crippen molar-refractivity contribution in [3.8, 4) is 0 Å². The molecule has 2 nitrogen and oxygen atoms in total. The van der Waals surface area contributed by atoms with Gasteiger partial charge in [-0.2, -0.15) is 0 Å². The molecule has 12 heavy (non-hydrogen) atoms. The lowest BCUT2D eigenvalue weighted by molar-refractivity contribution is 0.970. The third kappa shape index (κ3) is 1.18. The number of hydrogen-bond acceptors (Lipinski definition) is 2. The Balaban J connectivity index is 2.36. The van der Waals surface area contributed by atoms with Gasteiger partial charge in [0.2, 0.25) is 0 Å². The Morgan fingerprint density at radius 3 is 3.17 bits per heavy atom. The number of fused-ring (bicyclic) bond motifs is 1. The van der Waals surface area contributed by atoms with Gasteiger partial charge in [0.25, 0.3) is 0 Å². The predicted molar refractivity (Wildman–Crippen MR) is 51.4 cm³/mol. The van der Waals surface area contributed by atoms with Crippen LogP contribution in [0.5, 0.6) is 0 Å². The van der Waals surface area contributed by atoms with Crippen molar-refractivity contribution >= 4 is 5.69 Å². The van der Waals surface area contributed by atoms with Crippen LogP contribution in [0, 0.1) is 0 Å². The van der Waals surface area contributed by atoms with E-state index in [4.69, 9.17) is 5.73 Å². The van der Waals surface area contributed by atoms with Crippen molar-refractivity contribution in [2.45, 2.75) is 12.8 Å². The quantitative estimate of drug-likeness (QED) is 0.684. The Bertz CT molecular complexity index is 281. The fourth-order valence-corrected chi connectivity index (χ4v) is 1.77. The normalized spacial score (nSPS) is 14.1. The van der Waals surface area contributed by atoms with Crippen LogP contribution in [0.4, 0.5) is 5.69 Å². The van der Waals surface area contributed by atoms with Gasteiger partial charge in [0.1, 0.15) is 0 Å². The molecule has 0 aromatic heterocycles. The SMILES string of the molecule is NCCc1cccc2c1NCC2. The summed E-state index contributed by atoms with van der Waals surface area (Å²) >= 11 is 0. The van der Waals surface area contributed by atoms with Crippen LogP contribution in [0.15, 0.2) is 18.2 Å². The summed E-state index contributed by atoms with van der Waals surface area (Å²) in [6, 6.07) is 6.47. The lowest BCUT2D eigenvalue weighted by atomic mass is 10.1. The van der Waals surface area contributed by atoms with E-state index in [0.29, 0.717) is 0 Å². The summed E-state index contributed by atoms with van der Waals surface area (Å²) in [4.78, 5) is 0. The van der Waals surface area contributed by atoms with E-state index < -0.39 is 0 Å². The van der Waals surface area contributed by atoms with E-state index in [1.165, 1.54) is 16.8 Å². The Morgan fingerprint density at radius 1 is 1.42 bits per heavy atom. The van der Waals surface area contributed by atoms with E-state index in [-0.39, 0.29) is 0 Å². The van der Waals surface area contributed by atoms with Gasteiger partial charge in [-0.1, -0.05) is 18.2 Å². The molecule has 2 rings (SSSR count). The number of hydrogen-bond donors (Lipinski definition) is 2. The van der Waals surface area contributed by atoms with Gasteiger partial charge < -0.3 is 11.1 Å². The molecule has 0 atom stereocenters. The van der Waals surface area contributed by atoms with Crippen molar-refractivity contribution in [1.29, 1.82) is 0 Å². The smallest absolute Gasteiger partial charge is 0.0406 e. The Kier molecular flexibility index (Phi) is 2.00. The molecule has 0 saturated carbocycles. The second kappa shape index (κ2) is 3.15. The summed E-state index contributed by atoms with van der Waals surface area (Å²) in [6.45, 7) is 1.81. The first kappa shape index (κ1) is 7.62. The molecular formula is C10H14N2. The van der Waals surface area contributed by atoms with E-state index in [9.17, 15) is 0 Å². The lowest BCUT2D eigenvalue weighted by Crippen LogP contribution is -2.04. The number of nitrogens with two attached hydrogens (primary N) is 1. The van der Waals surface area contributed by atoms with Crippen LogP contribution in [0.3, 0.4) is 0 Å². The molecule has 0 aliphatic carbocycles. The number of para-hydroxylation sites is 1. The fourth-order valence-electron chi connectivity index (χ4n) is 1.77. The summed E-state index contributed by atoms with van der Waals surface area (Å²) in [6.07, 6.45) is 2.14. The molecule has 0 amide bonds. The minimum atomic E-state index is 0.734. The number of anilines is 1. The third-order valence-electron chi connectivity index (χ3n) is 2.35. The van der Waals surface area contributed by atoms with Gasteiger partial charge in [0.15, 0.2) is 0 Å². The summed E-state index contributed by atoms with van der Waals surface area (Å²) in [5.41, 5.74) is 9.68. The molecule has 3 N–H and O–H groups in total. The Morgan fingerprint density at radius 2 is 2.33 bits per heavy atom. The number of rotatable bonds is 2. The first-order valence-corrected chi connectivity index (χ1v) is 4.46. The van der Waals surface area contributed by atoms with Crippen LogP contribution >= 0.6 is 0 Å². The van der Waals surface area contributed by atoms with Crippen molar-refractivity contribution in [1.82, 2.24) is 0 Å². The zero-order valence-corrected chi connectivity index (χ0v) is 7.14. The highest BCUT2D eigenvalue weighted by Gasteiger charge is 2.12. The van der Waals surface area contributed by atoms with Crippen LogP contribution in [-0.4, -0.2) is 13.1 Å². The second-order valence-corrected chi connectivity index (χ2v) is 3.17. The second-order valence-electron chi connectivity index (χ2n) is 3.17. The summed E-state index contributed by atoms with van der Waals surface area (Å²) in [5, 5.41) is 3.40. The third-order valence-corrected chi connectivity index (χ3v) is 2.35. The van der Waals surface area contributed by atoms with Crippen molar-refractivity contribution < 1.29 is 0 Å². The van der Waals surface area contributed by atoms with Gasteiger partial charge in [-0.05, 0) is 30.5 Å². The first-order chi connectivity index (χ1) is 5.92. The highest BCUT2D eigenvalue weighted by molar-refractivity contribution is 5.61. The van der Waals surface area contributed by atoms with E-state index in [1.807, 2.05) is 0 Å². The maximum Gasteiger partial charge on any atom is 0.0406 e. The van der Waals surface area contributed by atoms with Crippen LogP contribution < -0.4 is 11.1 Å². The van der Waals surface area contributed by atoms with Crippen molar-refractivity contribution in [3.63, 3.8) is 0 Å². The minimum absolute atomic E-state index is 0.734. The molecule has 1 aromatic carbocycles. The van der Waals surface area contributed by atoms with Crippen molar-refractivity contribution in [2.24, 2.45) is 5.73 Å². The highest BCUT2D eigenvalue weighted by atomic mass is 14.9. The van der Waals surface area contributed by atoms with Crippen LogP contribution in [0.1, 0.15) is 11.1 Å². The van der Waals surface area contributed by atoms with E-state index in [2.05, 4.69) is 23.5 Å². The molecule has 64 valence electrons. The van der Waals surface area contributed by atoms with Crippen molar-refractivity contribution in [3.05, 3.63) is 29.3 Å². The molecule has 1 aliphatic heterocycles. The summed E-state index contributed by atoms with van der Waals surface area (Å²) < 4.78 is 0.